The molecule has 8 nitrogen and oxygen atoms in total. The summed E-state index contributed by atoms with van der Waals surface area (Å²) in [6.45, 7) is 2.02. The zero-order valence-corrected chi connectivity index (χ0v) is 17.2. The molecule has 0 radical (unpaired) electrons. The largest absolute Gasteiger partial charge is 0.384 e. The van der Waals surface area contributed by atoms with E-state index in [0.717, 1.165) is 23.8 Å². The van der Waals surface area contributed by atoms with Crippen molar-refractivity contribution in [2.45, 2.75) is 25.9 Å². The Morgan fingerprint density at radius 1 is 1.27 bits per heavy atom. The third-order valence-corrected chi connectivity index (χ3v) is 5.40. The van der Waals surface area contributed by atoms with Crippen molar-refractivity contribution in [3.05, 3.63) is 52.2 Å². The molecule has 0 unspecified atom stereocenters. The number of nitrogens with one attached hydrogen (secondary N) is 1. The Morgan fingerprint density at radius 3 is 2.70 bits per heavy atom. The van der Waals surface area contributed by atoms with Crippen LogP contribution in [0.5, 0.6) is 0 Å². The molecule has 156 valence electrons. The Labute approximate surface area is 173 Å². The normalized spacial score (nSPS) is 14.7. The van der Waals surface area contributed by atoms with Crippen molar-refractivity contribution in [2.24, 2.45) is 13.0 Å². The number of anilines is 1. The van der Waals surface area contributed by atoms with E-state index in [9.17, 15) is 14.7 Å². The number of carbonyl (C=O) groups is 1. The monoisotopic (exact) mass is 408 g/mol. The van der Waals surface area contributed by atoms with E-state index in [1.807, 2.05) is 6.92 Å². The lowest BCUT2D eigenvalue weighted by molar-refractivity contribution is -0.117. The zero-order valence-electron chi connectivity index (χ0n) is 17.2. The van der Waals surface area contributed by atoms with Gasteiger partial charge in [-0.2, -0.15) is 0 Å². The van der Waals surface area contributed by atoms with Gasteiger partial charge >= 0.3 is 0 Å². The van der Waals surface area contributed by atoms with E-state index in [2.05, 4.69) is 15.3 Å². The van der Waals surface area contributed by atoms with Gasteiger partial charge in [0.15, 0.2) is 0 Å². The number of fused-ring (bicyclic) bond motifs is 1. The molecule has 3 heterocycles. The summed E-state index contributed by atoms with van der Waals surface area (Å²) in [4.78, 5) is 33.7. The van der Waals surface area contributed by atoms with Gasteiger partial charge in [0, 0.05) is 55.0 Å². The Hall–Kier alpha value is -3.10. The minimum absolute atomic E-state index is 0.0269. The molecule has 1 fully saturated rings. The van der Waals surface area contributed by atoms with Gasteiger partial charge in [-0.25, -0.2) is 4.98 Å². The molecule has 1 saturated carbocycles. The van der Waals surface area contributed by atoms with Crippen molar-refractivity contribution in [3.8, 4) is 11.1 Å². The molecule has 3 aromatic rings. The van der Waals surface area contributed by atoms with Gasteiger partial charge in [0.1, 0.15) is 11.9 Å². The number of methoxy groups -OCH3 is 1. The van der Waals surface area contributed by atoms with Crippen LogP contribution in [0.25, 0.3) is 22.0 Å². The number of ether oxygens (including phenoxy) is 1. The first-order valence-electron chi connectivity index (χ1n) is 9.83. The molecule has 1 atom stereocenters. The molecule has 0 bridgehead atoms. The minimum atomic E-state index is -0.823. The highest BCUT2D eigenvalue weighted by Crippen LogP contribution is 2.30. The number of aliphatic hydroxyl groups excluding tert-OH is 1. The summed E-state index contributed by atoms with van der Waals surface area (Å²) in [5.74, 6) is 0.493. The van der Waals surface area contributed by atoms with E-state index in [4.69, 9.17) is 4.74 Å². The van der Waals surface area contributed by atoms with Crippen molar-refractivity contribution < 1.29 is 14.6 Å². The number of rotatable bonds is 6. The lowest BCUT2D eigenvalue weighted by Gasteiger charge is -2.14. The highest BCUT2D eigenvalue weighted by molar-refractivity contribution is 5.95. The number of pyridine rings is 3. The van der Waals surface area contributed by atoms with Gasteiger partial charge in [-0.1, -0.05) is 0 Å². The van der Waals surface area contributed by atoms with Crippen molar-refractivity contribution in [1.82, 2.24) is 14.5 Å². The molecular weight excluding hydrogens is 384 g/mol. The average molecular weight is 408 g/mol. The third-order valence-electron chi connectivity index (χ3n) is 5.40. The predicted octanol–water partition coefficient (Wildman–Crippen LogP) is 2.33. The van der Waals surface area contributed by atoms with Crippen LogP contribution in [0.3, 0.4) is 0 Å². The van der Waals surface area contributed by atoms with E-state index in [0.29, 0.717) is 28.2 Å². The highest BCUT2D eigenvalue weighted by atomic mass is 16.5. The van der Waals surface area contributed by atoms with Crippen LogP contribution in [0.2, 0.25) is 0 Å². The summed E-state index contributed by atoms with van der Waals surface area (Å²) in [6.07, 6.45) is 4.26. The predicted molar refractivity (Wildman–Crippen MR) is 113 cm³/mol. The molecule has 3 aromatic heterocycles. The van der Waals surface area contributed by atoms with Crippen molar-refractivity contribution in [3.63, 3.8) is 0 Å². The topological polar surface area (TPSA) is 106 Å². The fourth-order valence-corrected chi connectivity index (χ4v) is 3.48. The number of aryl methyl sites for hydroxylation is 2. The number of nitrogens with zero attached hydrogens (tertiary/aromatic N) is 3. The maximum atomic E-state index is 13.1. The van der Waals surface area contributed by atoms with Crippen LogP contribution in [-0.2, 0) is 16.6 Å². The number of hydrogen-bond acceptors (Lipinski definition) is 6. The van der Waals surface area contributed by atoms with Crippen molar-refractivity contribution >= 4 is 22.6 Å². The molecule has 2 N–H and O–H groups in total. The SMILES string of the molecule is COC[C@H](O)c1cc(C)c(-c2cc3cnc(NC(=O)C4CC4)cc3n(C)c2=O)cn1. The van der Waals surface area contributed by atoms with Gasteiger partial charge in [0.25, 0.3) is 5.56 Å². The second-order valence-electron chi connectivity index (χ2n) is 7.71. The molecule has 0 spiro atoms. The van der Waals surface area contributed by atoms with E-state index >= 15 is 0 Å². The summed E-state index contributed by atoms with van der Waals surface area (Å²) in [7, 11) is 3.21. The molecule has 4 rings (SSSR count). The van der Waals surface area contributed by atoms with Crippen LogP contribution in [0, 0.1) is 12.8 Å². The van der Waals surface area contributed by atoms with Crippen LogP contribution < -0.4 is 10.9 Å². The Balaban J connectivity index is 1.72. The summed E-state index contributed by atoms with van der Waals surface area (Å²) in [6, 6.07) is 5.26. The second-order valence-corrected chi connectivity index (χ2v) is 7.71. The molecule has 0 aromatic carbocycles. The van der Waals surface area contributed by atoms with E-state index in [1.54, 1.807) is 42.2 Å². The quantitative estimate of drug-likeness (QED) is 0.648. The maximum Gasteiger partial charge on any atom is 0.258 e. The smallest absolute Gasteiger partial charge is 0.258 e. The molecule has 1 amide bonds. The van der Waals surface area contributed by atoms with Crippen LogP contribution >= 0.6 is 0 Å². The number of hydrogen-bond donors (Lipinski definition) is 2. The minimum Gasteiger partial charge on any atom is -0.384 e. The van der Waals surface area contributed by atoms with Gasteiger partial charge in [-0.15, -0.1) is 0 Å². The van der Waals surface area contributed by atoms with E-state index < -0.39 is 6.10 Å². The van der Waals surface area contributed by atoms with E-state index in [-0.39, 0.29) is 24.0 Å². The highest BCUT2D eigenvalue weighted by Gasteiger charge is 2.29. The van der Waals surface area contributed by atoms with E-state index in [1.165, 1.54) is 7.11 Å². The lowest BCUT2D eigenvalue weighted by Crippen LogP contribution is -2.20. The Morgan fingerprint density at radius 2 is 2.03 bits per heavy atom. The van der Waals surface area contributed by atoms with Gasteiger partial charge < -0.3 is 19.7 Å². The zero-order chi connectivity index (χ0) is 21.4. The fourth-order valence-electron chi connectivity index (χ4n) is 3.48. The van der Waals surface area contributed by atoms with Gasteiger partial charge in [-0.3, -0.25) is 14.6 Å². The standard InChI is InChI=1S/C22H24N4O4/c1-12-6-17(19(27)11-30-3)23-10-16(12)15-7-14-9-24-20(25-21(28)13-4-5-13)8-18(14)26(2)22(15)29/h6-10,13,19,27H,4-5,11H2,1-3H3,(H,24,25,28)/t19-/m0/s1. The average Bonchev–Trinajstić information content (AvgIpc) is 3.57. The first kappa shape index (κ1) is 20.2. The summed E-state index contributed by atoms with van der Waals surface area (Å²) in [5.41, 5.74) is 3.02. The molecule has 0 aliphatic heterocycles. The molecular formula is C22H24N4O4. The van der Waals surface area contributed by atoms with Crippen LogP contribution in [0.4, 0.5) is 5.82 Å². The molecule has 30 heavy (non-hydrogen) atoms. The third kappa shape index (κ3) is 3.83. The van der Waals surface area contributed by atoms with Crippen LogP contribution in [-0.4, -0.2) is 39.3 Å². The molecule has 1 aliphatic rings. The number of amides is 1. The summed E-state index contributed by atoms with van der Waals surface area (Å²) < 4.78 is 6.52. The lowest BCUT2D eigenvalue weighted by atomic mass is 10.0. The Bertz CT molecular complexity index is 1180. The first-order valence-corrected chi connectivity index (χ1v) is 9.83. The number of aliphatic hydroxyl groups is 1. The summed E-state index contributed by atoms with van der Waals surface area (Å²) in [5, 5.41) is 13.7. The molecule has 1 aliphatic carbocycles. The number of aromatic nitrogens is 3. The van der Waals surface area contributed by atoms with Crippen LogP contribution in [0.1, 0.15) is 30.2 Å². The van der Waals surface area contributed by atoms with Gasteiger partial charge in [-0.05, 0) is 37.5 Å². The van der Waals surface area contributed by atoms with Gasteiger partial charge in [0.2, 0.25) is 5.91 Å². The first-order chi connectivity index (χ1) is 14.4. The maximum absolute atomic E-state index is 13.1. The fraction of sp³-hybridized carbons (Fsp3) is 0.364. The Kier molecular flexibility index (Phi) is 5.36. The van der Waals surface area contributed by atoms with Gasteiger partial charge in [0.05, 0.1) is 17.8 Å². The van der Waals surface area contributed by atoms with Crippen molar-refractivity contribution in [2.75, 3.05) is 19.0 Å². The molecule has 8 heteroatoms. The summed E-state index contributed by atoms with van der Waals surface area (Å²) >= 11 is 0. The molecule has 0 saturated heterocycles. The number of carbonyl (C=O) groups excluding carboxylic acids is 1. The second kappa shape index (κ2) is 7.97. The van der Waals surface area contributed by atoms with Crippen molar-refractivity contribution in [1.29, 1.82) is 0 Å². The van der Waals surface area contributed by atoms with Crippen LogP contribution in [0.15, 0.2) is 35.4 Å².